The van der Waals surface area contributed by atoms with Gasteiger partial charge in [0.05, 0.1) is 5.69 Å². The van der Waals surface area contributed by atoms with Crippen LogP contribution in [0.2, 0.25) is 5.02 Å². The van der Waals surface area contributed by atoms with E-state index in [-0.39, 0.29) is 16.3 Å². The van der Waals surface area contributed by atoms with Crippen LogP contribution in [-0.4, -0.2) is 24.0 Å². The van der Waals surface area contributed by atoms with Crippen LogP contribution >= 0.6 is 11.6 Å². The minimum Gasteiger partial charge on any atom is -0.341 e. The van der Waals surface area contributed by atoms with Gasteiger partial charge in [0.15, 0.2) is 0 Å². The molecule has 0 saturated heterocycles. The number of alkyl halides is 2. The average molecular weight is 354 g/mol. The lowest BCUT2D eigenvalue weighted by atomic mass is 9.93. The van der Waals surface area contributed by atoms with Crippen molar-refractivity contribution < 1.29 is 18.4 Å². The van der Waals surface area contributed by atoms with Gasteiger partial charge in [0.2, 0.25) is 5.91 Å². The van der Waals surface area contributed by atoms with Crippen molar-refractivity contribution in [2.24, 2.45) is 0 Å². The van der Waals surface area contributed by atoms with E-state index in [0.717, 1.165) is 12.1 Å². The van der Waals surface area contributed by atoms with E-state index < -0.39 is 24.3 Å². The van der Waals surface area contributed by atoms with E-state index in [1.807, 2.05) is 0 Å². The van der Waals surface area contributed by atoms with Crippen LogP contribution in [0.3, 0.4) is 0 Å². The van der Waals surface area contributed by atoms with Gasteiger partial charge >= 0.3 is 6.03 Å². The first-order valence-corrected chi connectivity index (χ1v) is 7.32. The number of hydrogen-bond donors (Lipinski definition) is 2. The van der Waals surface area contributed by atoms with E-state index in [0.29, 0.717) is 5.56 Å². The summed E-state index contributed by atoms with van der Waals surface area (Å²) in [6.45, 7) is 0. The molecule has 126 valence electrons. The zero-order valence-corrected chi connectivity index (χ0v) is 13.3. The molecule has 0 fully saturated rings. The van der Waals surface area contributed by atoms with Gasteiger partial charge in [-0.2, -0.15) is 0 Å². The molecule has 1 unspecified atom stereocenters. The Bertz CT molecular complexity index is 756. The Morgan fingerprint density at radius 2 is 1.92 bits per heavy atom. The minimum atomic E-state index is -2.71. The van der Waals surface area contributed by atoms with Crippen molar-refractivity contribution in [1.82, 2.24) is 15.6 Å². The number of rotatable bonds is 4. The molecule has 0 spiro atoms. The number of amides is 3. The molecule has 0 aliphatic rings. The first kappa shape index (κ1) is 17.8. The molecular weight excluding hydrogens is 340 g/mol. The highest BCUT2D eigenvalue weighted by molar-refractivity contribution is 6.31. The van der Waals surface area contributed by atoms with Crippen LogP contribution in [0.5, 0.6) is 0 Å². The third kappa shape index (κ3) is 4.05. The van der Waals surface area contributed by atoms with Crippen molar-refractivity contribution in [3.05, 3.63) is 64.4 Å². The van der Waals surface area contributed by atoms with E-state index >= 15 is 0 Å². The number of carbonyl (C=O) groups is 2. The second-order valence-corrected chi connectivity index (χ2v) is 5.24. The van der Waals surface area contributed by atoms with Crippen molar-refractivity contribution in [3.63, 3.8) is 0 Å². The number of hydrogen-bond acceptors (Lipinski definition) is 3. The molecule has 5 nitrogen and oxygen atoms in total. The molecule has 2 rings (SSSR count). The standard InChI is InChI=1S/C16H14ClF2N3O2/c1-20-16(24)22-15(23)13(10-4-2-3-5-11(10)17)12-8-9(14(18)19)6-7-21-12/h2-8,13-14H,1H3,(H2,20,22,23,24). The zero-order valence-electron chi connectivity index (χ0n) is 12.6. The third-order valence-electron chi connectivity index (χ3n) is 3.30. The Morgan fingerprint density at radius 3 is 2.54 bits per heavy atom. The van der Waals surface area contributed by atoms with Crippen molar-refractivity contribution in [2.45, 2.75) is 12.3 Å². The SMILES string of the molecule is CNC(=O)NC(=O)C(c1cc(C(F)F)ccn1)c1ccccc1Cl. The van der Waals surface area contributed by atoms with Gasteiger partial charge in [-0.3, -0.25) is 15.1 Å². The summed E-state index contributed by atoms with van der Waals surface area (Å²) in [6, 6.07) is 8.03. The van der Waals surface area contributed by atoms with Crippen LogP contribution in [0.15, 0.2) is 42.6 Å². The lowest BCUT2D eigenvalue weighted by Gasteiger charge is -2.18. The predicted molar refractivity (Wildman–Crippen MR) is 85.1 cm³/mol. The summed E-state index contributed by atoms with van der Waals surface area (Å²) in [5, 5.41) is 4.64. The molecule has 0 aliphatic carbocycles. The molecule has 1 heterocycles. The lowest BCUT2D eigenvalue weighted by Crippen LogP contribution is -2.40. The summed E-state index contributed by atoms with van der Waals surface area (Å²) < 4.78 is 25.9. The number of imide groups is 1. The minimum absolute atomic E-state index is 0.0716. The van der Waals surface area contributed by atoms with E-state index in [1.54, 1.807) is 24.3 Å². The fourth-order valence-corrected chi connectivity index (χ4v) is 2.39. The molecular formula is C16H14ClF2N3O2. The number of aromatic nitrogens is 1. The van der Waals surface area contributed by atoms with Gasteiger partial charge < -0.3 is 5.32 Å². The van der Waals surface area contributed by atoms with Gasteiger partial charge in [-0.1, -0.05) is 29.8 Å². The fourth-order valence-electron chi connectivity index (χ4n) is 2.15. The van der Waals surface area contributed by atoms with E-state index in [4.69, 9.17) is 11.6 Å². The van der Waals surface area contributed by atoms with Crippen LogP contribution in [0.4, 0.5) is 13.6 Å². The highest BCUT2D eigenvalue weighted by atomic mass is 35.5. The maximum atomic E-state index is 12.9. The Morgan fingerprint density at radius 1 is 1.21 bits per heavy atom. The number of pyridine rings is 1. The van der Waals surface area contributed by atoms with Crippen molar-refractivity contribution in [2.75, 3.05) is 7.05 Å². The van der Waals surface area contributed by atoms with E-state index in [1.165, 1.54) is 13.2 Å². The molecule has 2 aromatic rings. The molecule has 1 atom stereocenters. The van der Waals surface area contributed by atoms with Crippen molar-refractivity contribution in [1.29, 1.82) is 0 Å². The topological polar surface area (TPSA) is 71.1 Å². The third-order valence-corrected chi connectivity index (χ3v) is 3.64. The van der Waals surface area contributed by atoms with Crippen LogP contribution in [0.25, 0.3) is 0 Å². The summed E-state index contributed by atoms with van der Waals surface area (Å²) in [5.41, 5.74) is 0.159. The van der Waals surface area contributed by atoms with Crippen LogP contribution < -0.4 is 10.6 Å². The summed E-state index contributed by atoms with van der Waals surface area (Å²) in [5.74, 6) is -1.82. The van der Waals surface area contributed by atoms with Crippen molar-refractivity contribution in [3.8, 4) is 0 Å². The molecule has 0 saturated carbocycles. The van der Waals surface area contributed by atoms with Gasteiger partial charge in [-0.25, -0.2) is 13.6 Å². The largest absolute Gasteiger partial charge is 0.341 e. The number of benzene rings is 1. The number of nitrogens with one attached hydrogen (secondary N) is 2. The normalized spacial score (nSPS) is 11.9. The Kier molecular flexibility index (Phi) is 5.81. The summed E-state index contributed by atoms with van der Waals surface area (Å²) in [6.07, 6.45) is -1.52. The summed E-state index contributed by atoms with van der Waals surface area (Å²) >= 11 is 6.13. The molecule has 0 bridgehead atoms. The van der Waals surface area contributed by atoms with Gasteiger partial charge in [-0.05, 0) is 23.8 Å². The summed E-state index contributed by atoms with van der Waals surface area (Å²) in [4.78, 5) is 27.9. The van der Waals surface area contributed by atoms with Crippen LogP contribution in [0, 0.1) is 0 Å². The average Bonchev–Trinajstić information content (AvgIpc) is 2.57. The highest BCUT2D eigenvalue weighted by Crippen LogP contribution is 2.31. The van der Waals surface area contributed by atoms with Crippen molar-refractivity contribution >= 4 is 23.5 Å². The van der Waals surface area contributed by atoms with Crippen LogP contribution in [-0.2, 0) is 4.79 Å². The maximum absolute atomic E-state index is 12.9. The van der Waals surface area contributed by atoms with Gasteiger partial charge in [0.1, 0.15) is 5.92 Å². The Hall–Kier alpha value is -2.54. The number of nitrogens with zero attached hydrogens (tertiary/aromatic N) is 1. The van der Waals surface area contributed by atoms with Gasteiger partial charge in [0, 0.05) is 23.8 Å². The van der Waals surface area contributed by atoms with Crippen LogP contribution in [0.1, 0.15) is 29.2 Å². The van der Waals surface area contributed by atoms with E-state index in [9.17, 15) is 18.4 Å². The first-order chi connectivity index (χ1) is 11.4. The highest BCUT2D eigenvalue weighted by Gasteiger charge is 2.28. The quantitative estimate of drug-likeness (QED) is 0.886. The molecule has 1 aromatic carbocycles. The first-order valence-electron chi connectivity index (χ1n) is 6.95. The molecule has 0 radical (unpaired) electrons. The molecule has 3 amide bonds. The number of halogens is 3. The fraction of sp³-hybridized carbons (Fsp3) is 0.188. The molecule has 24 heavy (non-hydrogen) atoms. The second kappa shape index (κ2) is 7.83. The second-order valence-electron chi connectivity index (χ2n) is 4.84. The zero-order chi connectivity index (χ0) is 17.7. The number of carbonyl (C=O) groups excluding carboxylic acids is 2. The molecule has 0 aliphatic heterocycles. The smallest absolute Gasteiger partial charge is 0.321 e. The molecule has 1 aromatic heterocycles. The van der Waals surface area contributed by atoms with Gasteiger partial charge in [0.25, 0.3) is 6.43 Å². The monoisotopic (exact) mass is 353 g/mol. The lowest BCUT2D eigenvalue weighted by molar-refractivity contribution is -0.120. The summed E-state index contributed by atoms with van der Waals surface area (Å²) in [7, 11) is 1.35. The predicted octanol–water partition coefficient (Wildman–Crippen LogP) is 3.26. The molecule has 2 N–H and O–H groups in total. The van der Waals surface area contributed by atoms with Gasteiger partial charge in [-0.15, -0.1) is 0 Å². The van der Waals surface area contributed by atoms with E-state index in [2.05, 4.69) is 15.6 Å². The Balaban J connectivity index is 2.51. The Labute approximate surface area is 142 Å². The maximum Gasteiger partial charge on any atom is 0.321 e. The molecule has 8 heteroatoms. The number of urea groups is 1.